The summed E-state index contributed by atoms with van der Waals surface area (Å²) in [7, 11) is -2.82. The Kier molecular flexibility index (Phi) is 9.81. The van der Waals surface area contributed by atoms with Crippen molar-refractivity contribution < 1.29 is 23.4 Å². The van der Waals surface area contributed by atoms with Crippen molar-refractivity contribution in [2.24, 2.45) is 5.92 Å². The zero-order chi connectivity index (χ0) is 27.3. The van der Waals surface area contributed by atoms with Crippen molar-refractivity contribution in [1.82, 2.24) is 0 Å². The standard InChI is InChI=1S/C31H48O5Si/c1-10-24(4)27-31(36-30(8,9)35-27,28(32-11-2)33-12-3)23-34-37(29(5,6)7,25-19-15-13-16-20-25)26-21-17-14-18-22-26/h13-22,24,27-28H,10-12,23H2,1-9H3/t24-,27-,31+/m0/s1. The second-order valence-electron chi connectivity index (χ2n) is 11.6. The van der Waals surface area contributed by atoms with E-state index in [1.165, 1.54) is 10.4 Å². The van der Waals surface area contributed by atoms with Gasteiger partial charge in [-0.25, -0.2) is 0 Å². The molecule has 3 rings (SSSR count). The quantitative estimate of drug-likeness (QED) is 0.254. The number of ether oxygens (including phenoxy) is 4. The van der Waals surface area contributed by atoms with E-state index in [1.807, 2.05) is 27.7 Å². The lowest BCUT2D eigenvalue weighted by Gasteiger charge is -2.47. The predicted molar refractivity (Wildman–Crippen MR) is 153 cm³/mol. The molecule has 1 saturated heterocycles. The molecule has 2 aromatic rings. The van der Waals surface area contributed by atoms with Crippen molar-refractivity contribution in [2.45, 2.75) is 97.6 Å². The first-order chi connectivity index (χ1) is 17.5. The third-order valence-electron chi connectivity index (χ3n) is 7.46. The predicted octanol–water partition coefficient (Wildman–Crippen LogP) is 5.90. The van der Waals surface area contributed by atoms with Gasteiger partial charge < -0.3 is 23.4 Å². The summed E-state index contributed by atoms with van der Waals surface area (Å²) in [5.74, 6) is -0.581. The summed E-state index contributed by atoms with van der Waals surface area (Å²) in [6.07, 6.45) is 0.0612. The maximum Gasteiger partial charge on any atom is 0.261 e. The van der Waals surface area contributed by atoms with Crippen LogP contribution in [0.15, 0.2) is 60.7 Å². The fourth-order valence-corrected chi connectivity index (χ4v) is 10.3. The molecule has 1 aliphatic rings. The van der Waals surface area contributed by atoms with Gasteiger partial charge >= 0.3 is 0 Å². The highest BCUT2D eigenvalue weighted by Crippen LogP contribution is 2.46. The largest absolute Gasteiger partial charge is 0.404 e. The SMILES string of the molecule is CCOC(OCC)[C@]1(CO[Si](c2ccccc2)(c2ccccc2)C(C)(C)C)OC(C)(C)O[C@H]1[C@@H](C)CC. The number of benzene rings is 2. The zero-order valence-corrected chi connectivity index (χ0v) is 25.4. The van der Waals surface area contributed by atoms with Crippen molar-refractivity contribution >= 4 is 18.7 Å². The normalized spacial score (nSPS) is 22.9. The van der Waals surface area contributed by atoms with Crippen LogP contribution in [0.5, 0.6) is 0 Å². The summed E-state index contributed by atoms with van der Waals surface area (Å²) in [6, 6.07) is 21.4. The maximum atomic E-state index is 7.42. The molecule has 5 nitrogen and oxygen atoms in total. The summed E-state index contributed by atoms with van der Waals surface area (Å²) in [5, 5.41) is 2.29. The van der Waals surface area contributed by atoms with Gasteiger partial charge in [-0.05, 0) is 49.0 Å². The molecule has 1 aliphatic heterocycles. The third kappa shape index (κ3) is 6.05. The van der Waals surface area contributed by atoms with Crippen molar-refractivity contribution in [3.8, 4) is 0 Å². The lowest BCUT2D eigenvalue weighted by atomic mass is 9.86. The van der Waals surface area contributed by atoms with Crippen LogP contribution in [-0.2, 0) is 23.4 Å². The van der Waals surface area contributed by atoms with Crippen LogP contribution in [0.3, 0.4) is 0 Å². The van der Waals surface area contributed by atoms with Crippen LogP contribution < -0.4 is 10.4 Å². The Morgan fingerprint density at radius 3 is 1.76 bits per heavy atom. The Morgan fingerprint density at radius 1 is 0.865 bits per heavy atom. The summed E-state index contributed by atoms with van der Waals surface area (Å²) in [5.41, 5.74) is -0.933. The molecular formula is C31H48O5Si. The molecule has 0 N–H and O–H groups in total. The second-order valence-corrected chi connectivity index (χ2v) is 15.9. The Bertz CT molecular complexity index is 913. The summed E-state index contributed by atoms with van der Waals surface area (Å²) in [4.78, 5) is 0. The molecule has 37 heavy (non-hydrogen) atoms. The van der Waals surface area contributed by atoms with Gasteiger partial charge in [0.25, 0.3) is 8.32 Å². The van der Waals surface area contributed by atoms with Crippen LogP contribution in [0.1, 0.15) is 68.7 Å². The highest BCUT2D eigenvalue weighted by molar-refractivity contribution is 6.99. The van der Waals surface area contributed by atoms with E-state index in [1.54, 1.807) is 0 Å². The third-order valence-corrected chi connectivity index (χ3v) is 12.4. The smallest absolute Gasteiger partial charge is 0.261 e. The molecule has 2 aromatic carbocycles. The topological polar surface area (TPSA) is 46.2 Å². The van der Waals surface area contributed by atoms with Crippen molar-refractivity contribution in [3.63, 3.8) is 0 Å². The lowest BCUT2D eigenvalue weighted by molar-refractivity contribution is -0.271. The van der Waals surface area contributed by atoms with Gasteiger partial charge in [0.05, 0.1) is 12.7 Å². The van der Waals surface area contributed by atoms with Gasteiger partial charge in [0.15, 0.2) is 17.7 Å². The van der Waals surface area contributed by atoms with Gasteiger partial charge in [-0.2, -0.15) is 0 Å². The highest BCUT2D eigenvalue weighted by Gasteiger charge is 2.62. The van der Waals surface area contributed by atoms with Crippen molar-refractivity contribution in [2.75, 3.05) is 19.8 Å². The van der Waals surface area contributed by atoms with E-state index in [0.717, 1.165) is 6.42 Å². The Hall–Kier alpha value is -1.54. The molecule has 6 heteroatoms. The van der Waals surface area contributed by atoms with Gasteiger partial charge in [-0.15, -0.1) is 0 Å². The van der Waals surface area contributed by atoms with Crippen molar-refractivity contribution in [3.05, 3.63) is 60.7 Å². The monoisotopic (exact) mass is 528 g/mol. The molecule has 0 amide bonds. The summed E-state index contributed by atoms with van der Waals surface area (Å²) < 4.78 is 33.4. The summed E-state index contributed by atoms with van der Waals surface area (Å²) in [6.45, 7) is 20.5. The molecule has 0 saturated carbocycles. The second kappa shape index (κ2) is 12.1. The van der Waals surface area contributed by atoms with Crippen LogP contribution in [0.4, 0.5) is 0 Å². The zero-order valence-electron chi connectivity index (χ0n) is 24.4. The van der Waals surface area contributed by atoms with Crippen molar-refractivity contribution in [1.29, 1.82) is 0 Å². The molecule has 0 spiro atoms. The lowest BCUT2D eigenvalue weighted by Crippen LogP contribution is -2.69. The van der Waals surface area contributed by atoms with Crippen LogP contribution >= 0.6 is 0 Å². The van der Waals surface area contributed by atoms with Gasteiger partial charge in [0.2, 0.25) is 0 Å². The van der Waals surface area contributed by atoms with E-state index in [-0.39, 0.29) is 17.1 Å². The minimum absolute atomic E-state index is 0.162. The minimum Gasteiger partial charge on any atom is -0.404 e. The molecule has 0 aliphatic carbocycles. The molecule has 0 aromatic heterocycles. The number of hydrogen-bond donors (Lipinski definition) is 0. The Morgan fingerprint density at radius 2 is 1.35 bits per heavy atom. The van der Waals surface area contributed by atoms with Gasteiger partial charge in [0.1, 0.15) is 0 Å². The average Bonchev–Trinajstić information content (AvgIpc) is 3.15. The van der Waals surface area contributed by atoms with E-state index in [0.29, 0.717) is 19.8 Å². The van der Waals surface area contributed by atoms with E-state index < -0.39 is 26.0 Å². The van der Waals surface area contributed by atoms with E-state index in [9.17, 15) is 0 Å². The van der Waals surface area contributed by atoms with Crippen LogP contribution in [-0.4, -0.2) is 51.9 Å². The first-order valence-corrected chi connectivity index (χ1v) is 15.7. The summed E-state index contributed by atoms with van der Waals surface area (Å²) >= 11 is 0. The first kappa shape index (κ1) is 30.0. The molecule has 3 atom stereocenters. The fraction of sp³-hybridized carbons (Fsp3) is 0.613. The molecule has 206 valence electrons. The Balaban J connectivity index is 2.21. The number of rotatable bonds is 12. The van der Waals surface area contributed by atoms with Crippen LogP contribution in [0.2, 0.25) is 5.04 Å². The minimum atomic E-state index is -2.82. The molecule has 0 bridgehead atoms. The fourth-order valence-electron chi connectivity index (χ4n) is 5.73. The molecule has 1 heterocycles. The van der Waals surface area contributed by atoms with Gasteiger partial charge in [-0.1, -0.05) is 102 Å². The molecule has 0 unspecified atom stereocenters. The molecule has 0 radical (unpaired) electrons. The molecular weight excluding hydrogens is 480 g/mol. The van der Waals surface area contributed by atoms with Gasteiger partial charge in [0, 0.05) is 13.2 Å². The van der Waals surface area contributed by atoms with Crippen LogP contribution in [0.25, 0.3) is 0 Å². The first-order valence-electron chi connectivity index (χ1n) is 13.8. The Labute approximate surface area is 225 Å². The van der Waals surface area contributed by atoms with E-state index >= 15 is 0 Å². The average molecular weight is 529 g/mol. The van der Waals surface area contributed by atoms with Gasteiger partial charge in [-0.3, -0.25) is 0 Å². The van der Waals surface area contributed by atoms with E-state index in [4.69, 9.17) is 23.4 Å². The van der Waals surface area contributed by atoms with Crippen LogP contribution in [0, 0.1) is 5.92 Å². The molecule has 1 fully saturated rings. The maximum absolute atomic E-state index is 7.42. The highest BCUT2D eigenvalue weighted by atomic mass is 28.4. The van der Waals surface area contributed by atoms with E-state index in [2.05, 4.69) is 95.3 Å². The number of hydrogen-bond acceptors (Lipinski definition) is 5.